The third-order valence-electron chi connectivity index (χ3n) is 1.31. The van der Waals surface area contributed by atoms with E-state index in [2.05, 4.69) is 13.8 Å². The molecule has 0 saturated carbocycles. The number of halogens is 2. The molecule has 0 saturated heterocycles. The highest BCUT2D eigenvalue weighted by molar-refractivity contribution is 7.20. The largest absolute Gasteiger partial charge is 0.111 e. The molecule has 0 fully saturated rings. The first-order chi connectivity index (χ1) is 4.61. The highest BCUT2D eigenvalue weighted by Gasteiger charge is 2.08. The van der Waals surface area contributed by atoms with Crippen molar-refractivity contribution in [3.63, 3.8) is 0 Å². The van der Waals surface area contributed by atoms with Crippen LogP contribution in [0.4, 0.5) is 0 Å². The second kappa shape index (κ2) is 3.12. The van der Waals surface area contributed by atoms with E-state index in [1.165, 1.54) is 11.3 Å². The first kappa shape index (κ1) is 8.38. The highest BCUT2D eigenvalue weighted by Crippen LogP contribution is 2.35. The van der Waals surface area contributed by atoms with Crippen molar-refractivity contribution in [2.45, 2.75) is 19.8 Å². The van der Waals surface area contributed by atoms with Crippen LogP contribution in [0.3, 0.4) is 0 Å². The lowest BCUT2D eigenvalue weighted by Gasteiger charge is -1.99. The van der Waals surface area contributed by atoms with Crippen LogP contribution in [-0.4, -0.2) is 0 Å². The predicted molar refractivity (Wildman–Crippen MR) is 48.4 cm³/mol. The van der Waals surface area contributed by atoms with E-state index in [-0.39, 0.29) is 0 Å². The lowest BCUT2D eigenvalue weighted by Crippen LogP contribution is -1.81. The summed E-state index contributed by atoms with van der Waals surface area (Å²) in [5.74, 6) is 0.469. The molecule has 0 nitrogen and oxygen atoms in total. The fourth-order valence-electron chi connectivity index (χ4n) is 0.747. The molecule has 0 spiro atoms. The maximum atomic E-state index is 5.87. The van der Waals surface area contributed by atoms with Crippen molar-refractivity contribution >= 4 is 34.5 Å². The van der Waals surface area contributed by atoms with Crippen molar-refractivity contribution in [1.29, 1.82) is 0 Å². The molecule has 56 valence electrons. The molecule has 1 heterocycles. The van der Waals surface area contributed by atoms with E-state index < -0.39 is 0 Å². The molecule has 0 atom stereocenters. The van der Waals surface area contributed by atoms with Gasteiger partial charge in [0.05, 0.1) is 8.67 Å². The molecule has 0 unspecified atom stereocenters. The van der Waals surface area contributed by atoms with E-state index >= 15 is 0 Å². The summed E-state index contributed by atoms with van der Waals surface area (Å²) >= 11 is 13.0. The van der Waals surface area contributed by atoms with E-state index in [0.29, 0.717) is 5.92 Å². The molecule has 0 amide bonds. The zero-order valence-corrected chi connectivity index (χ0v) is 8.15. The van der Waals surface area contributed by atoms with Gasteiger partial charge in [0.15, 0.2) is 0 Å². The van der Waals surface area contributed by atoms with Crippen LogP contribution < -0.4 is 0 Å². The van der Waals surface area contributed by atoms with E-state index in [1.54, 1.807) is 0 Å². The van der Waals surface area contributed by atoms with Crippen LogP contribution in [-0.2, 0) is 0 Å². The van der Waals surface area contributed by atoms with Crippen molar-refractivity contribution < 1.29 is 0 Å². The van der Waals surface area contributed by atoms with Crippen LogP contribution in [0.15, 0.2) is 6.07 Å². The standard InChI is InChI=1S/C7H8Cl2S/c1-4(2)5-3-6(8)10-7(5)9/h3-4H,1-2H3. The Balaban J connectivity index is 3.03. The van der Waals surface area contributed by atoms with Gasteiger partial charge in [0.25, 0.3) is 0 Å². The van der Waals surface area contributed by atoms with Crippen LogP contribution in [0, 0.1) is 0 Å². The van der Waals surface area contributed by atoms with Crippen molar-refractivity contribution in [2.75, 3.05) is 0 Å². The number of hydrogen-bond acceptors (Lipinski definition) is 1. The van der Waals surface area contributed by atoms with Crippen molar-refractivity contribution in [3.05, 3.63) is 20.3 Å². The molecular formula is C7H8Cl2S. The minimum Gasteiger partial charge on any atom is -0.111 e. The fraction of sp³-hybridized carbons (Fsp3) is 0.429. The Bertz CT molecular complexity index is 228. The van der Waals surface area contributed by atoms with E-state index in [1.807, 2.05) is 6.07 Å². The summed E-state index contributed by atoms with van der Waals surface area (Å²) in [5.41, 5.74) is 1.15. The van der Waals surface area contributed by atoms with Gasteiger partial charge in [-0.3, -0.25) is 0 Å². The molecule has 1 aromatic heterocycles. The summed E-state index contributed by atoms with van der Waals surface area (Å²) in [4.78, 5) is 0. The van der Waals surface area contributed by atoms with Gasteiger partial charge in [-0.1, -0.05) is 37.0 Å². The molecule has 10 heavy (non-hydrogen) atoms. The molecule has 0 N–H and O–H groups in total. The maximum Gasteiger partial charge on any atom is 0.0978 e. The molecule has 3 heteroatoms. The van der Waals surface area contributed by atoms with Crippen molar-refractivity contribution in [2.24, 2.45) is 0 Å². The first-order valence-corrected chi connectivity index (χ1v) is 4.63. The van der Waals surface area contributed by atoms with E-state index in [4.69, 9.17) is 23.2 Å². The summed E-state index contributed by atoms with van der Waals surface area (Å²) < 4.78 is 1.59. The Hall–Kier alpha value is 0.280. The van der Waals surface area contributed by atoms with Gasteiger partial charge in [0, 0.05) is 0 Å². The van der Waals surface area contributed by atoms with Crippen molar-refractivity contribution in [3.8, 4) is 0 Å². The van der Waals surface area contributed by atoms with Crippen LogP contribution in [0.25, 0.3) is 0 Å². The quantitative estimate of drug-likeness (QED) is 0.630. The van der Waals surface area contributed by atoms with Gasteiger partial charge >= 0.3 is 0 Å². The van der Waals surface area contributed by atoms with Gasteiger partial charge < -0.3 is 0 Å². The second-order valence-electron chi connectivity index (χ2n) is 2.43. The predicted octanol–water partition coefficient (Wildman–Crippen LogP) is 4.18. The van der Waals surface area contributed by atoms with Crippen LogP contribution in [0.5, 0.6) is 0 Å². The molecule has 0 aliphatic carbocycles. The molecule has 0 aromatic carbocycles. The molecule has 0 radical (unpaired) electrons. The Morgan fingerprint density at radius 2 is 2.00 bits per heavy atom. The topological polar surface area (TPSA) is 0 Å². The summed E-state index contributed by atoms with van der Waals surface area (Å²) in [6, 6.07) is 1.93. The third-order valence-corrected chi connectivity index (χ3v) is 2.82. The van der Waals surface area contributed by atoms with Gasteiger partial charge in [0.2, 0.25) is 0 Å². The zero-order valence-electron chi connectivity index (χ0n) is 5.82. The molecule has 0 aliphatic rings. The molecule has 1 aromatic rings. The molecule has 1 rings (SSSR count). The minimum atomic E-state index is 0.469. The fourth-order valence-corrected chi connectivity index (χ4v) is 2.51. The summed E-state index contributed by atoms with van der Waals surface area (Å²) in [5, 5.41) is 0. The molecular weight excluding hydrogens is 187 g/mol. The zero-order chi connectivity index (χ0) is 7.72. The van der Waals surface area contributed by atoms with Crippen LogP contribution in [0.1, 0.15) is 25.3 Å². The lowest BCUT2D eigenvalue weighted by molar-refractivity contribution is 0.872. The summed E-state index contributed by atoms with van der Waals surface area (Å²) in [7, 11) is 0. The monoisotopic (exact) mass is 194 g/mol. The van der Waals surface area contributed by atoms with E-state index in [9.17, 15) is 0 Å². The van der Waals surface area contributed by atoms with Gasteiger partial charge in [-0.25, -0.2) is 0 Å². The van der Waals surface area contributed by atoms with Crippen molar-refractivity contribution in [1.82, 2.24) is 0 Å². The number of rotatable bonds is 1. The van der Waals surface area contributed by atoms with Gasteiger partial charge in [0.1, 0.15) is 0 Å². The molecule has 0 bridgehead atoms. The van der Waals surface area contributed by atoms with Crippen LogP contribution >= 0.6 is 34.5 Å². The molecule has 0 aliphatic heterocycles. The second-order valence-corrected chi connectivity index (χ2v) is 4.72. The first-order valence-electron chi connectivity index (χ1n) is 3.06. The Morgan fingerprint density at radius 3 is 2.20 bits per heavy atom. The van der Waals surface area contributed by atoms with Gasteiger partial charge in [-0.05, 0) is 17.5 Å². The highest BCUT2D eigenvalue weighted by atomic mass is 35.5. The van der Waals surface area contributed by atoms with Crippen LogP contribution in [0.2, 0.25) is 8.67 Å². The average Bonchev–Trinajstić information content (AvgIpc) is 2.10. The summed E-state index contributed by atoms with van der Waals surface area (Å²) in [6.07, 6.45) is 0. The Kier molecular flexibility index (Phi) is 2.61. The Morgan fingerprint density at radius 1 is 1.40 bits per heavy atom. The van der Waals surface area contributed by atoms with E-state index in [0.717, 1.165) is 14.2 Å². The Labute approximate surface area is 74.8 Å². The lowest BCUT2D eigenvalue weighted by atomic mass is 10.1. The number of thiophene rings is 1. The van der Waals surface area contributed by atoms with Gasteiger partial charge in [-0.2, -0.15) is 0 Å². The maximum absolute atomic E-state index is 5.87. The SMILES string of the molecule is CC(C)c1cc(Cl)sc1Cl. The van der Waals surface area contributed by atoms with Gasteiger partial charge in [-0.15, -0.1) is 11.3 Å². The minimum absolute atomic E-state index is 0.469. The third kappa shape index (κ3) is 1.66. The number of hydrogen-bond donors (Lipinski definition) is 0. The summed E-state index contributed by atoms with van der Waals surface area (Å²) in [6.45, 7) is 4.20. The smallest absolute Gasteiger partial charge is 0.0978 e. The normalized spacial score (nSPS) is 10.9. The average molecular weight is 195 g/mol.